The van der Waals surface area contributed by atoms with Crippen molar-refractivity contribution in [3.05, 3.63) is 34.6 Å². The quantitative estimate of drug-likeness (QED) is 0.773. The fourth-order valence-corrected chi connectivity index (χ4v) is 2.33. The number of rotatable bonds is 6. The Morgan fingerprint density at radius 1 is 1.29 bits per heavy atom. The second kappa shape index (κ2) is 7.67. The van der Waals surface area contributed by atoms with Crippen molar-refractivity contribution >= 4 is 22.8 Å². The zero-order chi connectivity index (χ0) is 17.7. The molecule has 0 unspecified atom stereocenters. The van der Waals surface area contributed by atoms with Crippen molar-refractivity contribution in [1.82, 2.24) is 20.3 Å². The molecule has 1 heterocycles. The number of hydrogen-bond acceptors (Lipinski definition) is 6. The third kappa shape index (κ3) is 4.15. The van der Waals surface area contributed by atoms with E-state index in [1.807, 2.05) is 13.8 Å². The van der Waals surface area contributed by atoms with E-state index in [9.17, 15) is 14.4 Å². The summed E-state index contributed by atoms with van der Waals surface area (Å²) in [5.74, 6) is -0.829. The van der Waals surface area contributed by atoms with Gasteiger partial charge >= 0.3 is 5.97 Å². The highest BCUT2D eigenvalue weighted by Gasteiger charge is 2.23. The van der Waals surface area contributed by atoms with E-state index in [4.69, 9.17) is 4.74 Å². The molecule has 8 heteroatoms. The standard InChI is InChI=1S/C16H20N4O4/c1-10(2)8-13(16(23)24-3)17-14(21)9-20-15(22)11-6-4-5-7-12(11)18-19-20/h4-7,10,13H,8-9H2,1-3H3,(H,17,21)/t13-/m0/s1. The zero-order valence-electron chi connectivity index (χ0n) is 13.9. The molecule has 0 aliphatic heterocycles. The highest BCUT2D eigenvalue weighted by atomic mass is 16.5. The predicted molar refractivity (Wildman–Crippen MR) is 87.2 cm³/mol. The molecular weight excluding hydrogens is 312 g/mol. The number of carbonyl (C=O) groups excluding carboxylic acids is 2. The van der Waals surface area contributed by atoms with Gasteiger partial charge in [0.05, 0.1) is 12.5 Å². The normalized spacial score (nSPS) is 12.2. The second-order valence-electron chi connectivity index (χ2n) is 5.84. The summed E-state index contributed by atoms with van der Waals surface area (Å²) in [6.45, 7) is 3.55. The van der Waals surface area contributed by atoms with E-state index >= 15 is 0 Å². The van der Waals surface area contributed by atoms with E-state index in [-0.39, 0.29) is 12.5 Å². The van der Waals surface area contributed by atoms with E-state index in [0.717, 1.165) is 4.68 Å². The number of methoxy groups -OCH3 is 1. The van der Waals surface area contributed by atoms with Gasteiger partial charge in [-0.1, -0.05) is 31.2 Å². The Labute approximate surface area is 138 Å². The van der Waals surface area contributed by atoms with Crippen LogP contribution >= 0.6 is 0 Å². The number of carbonyl (C=O) groups is 2. The molecule has 1 N–H and O–H groups in total. The molecule has 1 aromatic carbocycles. The Balaban J connectivity index is 2.15. The zero-order valence-corrected chi connectivity index (χ0v) is 13.9. The van der Waals surface area contributed by atoms with Crippen LogP contribution in [0.2, 0.25) is 0 Å². The van der Waals surface area contributed by atoms with E-state index in [1.54, 1.807) is 24.3 Å². The lowest BCUT2D eigenvalue weighted by Crippen LogP contribution is -2.45. The fraction of sp³-hybridized carbons (Fsp3) is 0.438. The summed E-state index contributed by atoms with van der Waals surface area (Å²) < 4.78 is 5.67. The lowest BCUT2D eigenvalue weighted by atomic mass is 10.0. The van der Waals surface area contributed by atoms with Crippen molar-refractivity contribution in [2.24, 2.45) is 5.92 Å². The average Bonchev–Trinajstić information content (AvgIpc) is 2.56. The molecule has 0 saturated carbocycles. The topological polar surface area (TPSA) is 103 Å². The van der Waals surface area contributed by atoms with Crippen LogP contribution in [0, 0.1) is 5.92 Å². The van der Waals surface area contributed by atoms with Gasteiger partial charge in [0, 0.05) is 0 Å². The molecule has 0 bridgehead atoms. The predicted octanol–water partition coefficient (Wildman–Crippen LogP) is 0.495. The first-order chi connectivity index (χ1) is 11.4. The van der Waals surface area contributed by atoms with Gasteiger partial charge in [0.25, 0.3) is 5.56 Å². The summed E-state index contributed by atoms with van der Waals surface area (Å²) in [4.78, 5) is 36.2. The number of aromatic nitrogens is 3. The van der Waals surface area contributed by atoms with Gasteiger partial charge in [-0.25, -0.2) is 9.48 Å². The minimum absolute atomic E-state index is 0.192. The number of ether oxygens (including phenoxy) is 1. The Hall–Kier alpha value is -2.77. The molecule has 0 aliphatic carbocycles. The van der Waals surface area contributed by atoms with E-state index in [2.05, 4.69) is 15.6 Å². The van der Waals surface area contributed by atoms with Crippen molar-refractivity contribution in [3.63, 3.8) is 0 Å². The maximum atomic E-state index is 12.3. The molecule has 0 spiro atoms. The van der Waals surface area contributed by atoms with Gasteiger partial charge < -0.3 is 10.1 Å². The number of amides is 1. The molecule has 1 amide bonds. The first kappa shape index (κ1) is 17.6. The summed E-state index contributed by atoms with van der Waals surface area (Å²) in [7, 11) is 1.27. The van der Waals surface area contributed by atoms with Crippen LogP contribution in [0.15, 0.2) is 29.1 Å². The Bertz CT molecular complexity index is 800. The van der Waals surface area contributed by atoms with Crippen LogP contribution in [0.3, 0.4) is 0 Å². The average molecular weight is 332 g/mol. The van der Waals surface area contributed by atoms with Crippen molar-refractivity contribution in [1.29, 1.82) is 0 Å². The molecule has 0 saturated heterocycles. The number of benzene rings is 1. The third-order valence-electron chi connectivity index (χ3n) is 3.45. The molecule has 128 valence electrons. The summed E-state index contributed by atoms with van der Waals surface area (Å²) >= 11 is 0. The van der Waals surface area contributed by atoms with E-state index in [0.29, 0.717) is 17.3 Å². The van der Waals surface area contributed by atoms with Gasteiger partial charge in [0.1, 0.15) is 18.1 Å². The summed E-state index contributed by atoms with van der Waals surface area (Å²) in [5, 5.41) is 10.6. The van der Waals surface area contributed by atoms with Gasteiger partial charge in [-0.05, 0) is 24.5 Å². The largest absolute Gasteiger partial charge is 0.467 e. The molecule has 2 rings (SSSR count). The van der Waals surface area contributed by atoms with Crippen LogP contribution in [0.25, 0.3) is 10.9 Å². The maximum Gasteiger partial charge on any atom is 0.328 e. The number of hydrogen-bond donors (Lipinski definition) is 1. The third-order valence-corrected chi connectivity index (χ3v) is 3.45. The summed E-state index contributed by atoms with van der Waals surface area (Å²) in [6, 6.07) is 6.00. The number of nitrogens with one attached hydrogen (secondary N) is 1. The number of nitrogens with zero attached hydrogens (tertiary/aromatic N) is 3. The van der Waals surface area contributed by atoms with E-state index < -0.39 is 23.5 Å². The molecule has 2 aromatic rings. The molecular formula is C16H20N4O4. The van der Waals surface area contributed by atoms with Crippen LogP contribution in [0.4, 0.5) is 0 Å². The molecule has 8 nitrogen and oxygen atoms in total. The van der Waals surface area contributed by atoms with Crippen LogP contribution < -0.4 is 10.9 Å². The summed E-state index contributed by atoms with van der Waals surface area (Å²) in [6.07, 6.45) is 0.441. The Morgan fingerprint density at radius 3 is 2.67 bits per heavy atom. The van der Waals surface area contributed by atoms with E-state index in [1.165, 1.54) is 7.11 Å². The van der Waals surface area contributed by atoms with Gasteiger partial charge in [-0.2, -0.15) is 0 Å². The lowest BCUT2D eigenvalue weighted by Gasteiger charge is -2.18. The molecule has 1 aromatic heterocycles. The summed E-state index contributed by atoms with van der Waals surface area (Å²) in [5.41, 5.74) is 0.0561. The Kier molecular flexibility index (Phi) is 5.62. The second-order valence-corrected chi connectivity index (χ2v) is 5.84. The van der Waals surface area contributed by atoms with Gasteiger partial charge in [0.2, 0.25) is 5.91 Å². The smallest absolute Gasteiger partial charge is 0.328 e. The first-order valence-corrected chi connectivity index (χ1v) is 7.62. The van der Waals surface area contributed by atoms with Gasteiger partial charge in [-0.3, -0.25) is 9.59 Å². The SMILES string of the molecule is COC(=O)[C@H](CC(C)C)NC(=O)Cn1nnc2ccccc2c1=O. The molecule has 24 heavy (non-hydrogen) atoms. The van der Waals surface area contributed by atoms with Crippen molar-refractivity contribution in [2.45, 2.75) is 32.9 Å². The monoisotopic (exact) mass is 332 g/mol. The van der Waals surface area contributed by atoms with Crippen molar-refractivity contribution < 1.29 is 14.3 Å². The van der Waals surface area contributed by atoms with Gasteiger partial charge in [-0.15, -0.1) is 5.10 Å². The molecule has 0 radical (unpaired) electrons. The van der Waals surface area contributed by atoms with Crippen LogP contribution in [0.1, 0.15) is 20.3 Å². The Morgan fingerprint density at radius 2 is 2.00 bits per heavy atom. The lowest BCUT2D eigenvalue weighted by molar-refractivity contribution is -0.145. The minimum Gasteiger partial charge on any atom is -0.467 e. The first-order valence-electron chi connectivity index (χ1n) is 7.62. The molecule has 1 atom stereocenters. The fourth-order valence-electron chi connectivity index (χ4n) is 2.33. The number of fused-ring (bicyclic) bond motifs is 1. The van der Waals surface area contributed by atoms with Crippen LogP contribution in [-0.2, 0) is 20.9 Å². The molecule has 0 fully saturated rings. The number of esters is 1. The van der Waals surface area contributed by atoms with Crippen LogP contribution in [0.5, 0.6) is 0 Å². The maximum absolute atomic E-state index is 12.3. The highest BCUT2D eigenvalue weighted by Crippen LogP contribution is 2.06. The van der Waals surface area contributed by atoms with Gasteiger partial charge in [0.15, 0.2) is 0 Å². The molecule has 0 aliphatic rings. The highest BCUT2D eigenvalue weighted by molar-refractivity contribution is 5.84. The van der Waals surface area contributed by atoms with Crippen molar-refractivity contribution in [3.8, 4) is 0 Å². The minimum atomic E-state index is -0.758. The van der Waals surface area contributed by atoms with Crippen LogP contribution in [-0.4, -0.2) is 40.0 Å². The van der Waals surface area contributed by atoms with Crippen molar-refractivity contribution in [2.75, 3.05) is 7.11 Å².